The molecule has 310 valence electrons. The molecule has 3 aliphatic rings. The number of aromatic nitrogens is 2. The number of rotatable bonds is 8. The Labute approximate surface area is 380 Å². The van der Waals surface area contributed by atoms with Gasteiger partial charge in [0.25, 0.3) is 0 Å². The molecule has 1 aliphatic carbocycles. The zero-order valence-corrected chi connectivity index (χ0v) is 38.6. The van der Waals surface area contributed by atoms with E-state index in [1.807, 2.05) is 12.3 Å². The molecule has 7 heteroatoms. The van der Waals surface area contributed by atoms with Crippen molar-refractivity contribution in [2.45, 2.75) is 57.8 Å². The first-order valence-corrected chi connectivity index (χ1v) is 22.7. The molecule has 2 unspecified atom stereocenters. The van der Waals surface area contributed by atoms with E-state index in [1.165, 1.54) is 27.5 Å². The number of allylic oxidation sites excluding steroid dienone is 1. The SMILES string of the molecule is CC(C)P1c2cc(Oc3[c-]c(N4[CH-]N(c5c(-c6ccccc6)cccc5-c5ccccc5)c5ccccc54)ccc3)[c-]c3c2c2c(n3-c3cc(C(C)(C)C)ccn3)C=CCC21.[Pt]. The van der Waals surface area contributed by atoms with Crippen molar-refractivity contribution in [2.75, 3.05) is 9.80 Å². The molecule has 0 saturated heterocycles. The minimum absolute atomic E-state index is 0. The largest absolute Gasteiger partial charge is 0.509 e. The molecule has 0 bridgehead atoms. The van der Waals surface area contributed by atoms with E-state index < -0.39 is 7.92 Å². The molecule has 2 aromatic heterocycles. The number of para-hydroxylation sites is 3. The summed E-state index contributed by atoms with van der Waals surface area (Å²) in [5.41, 5.74) is 14.8. The third-order valence-corrected chi connectivity index (χ3v) is 15.5. The van der Waals surface area contributed by atoms with Crippen molar-refractivity contribution in [3.05, 3.63) is 187 Å². The zero-order valence-electron chi connectivity index (χ0n) is 35.4. The van der Waals surface area contributed by atoms with Crippen LogP contribution in [0.5, 0.6) is 11.5 Å². The average Bonchev–Trinajstić information content (AvgIpc) is 3.95. The van der Waals surface area contributed by atoms with Gasteiger partial charge >= 0.3 is 0 Å². The summed E-state index contributed by atoms with van der Waals surface area (Å²) in [6.07, 6.45) is 7.68. The molecule has 6 aromatic carbocycles. The third kappa shape index (κ3) is 6.73. The quantitative estimate of drug-likeness (QED) is 0.112. The predicted molar refractivity (Wildman–Crippen MR) is 254 cm³/mol. The second-order valence-corrected chi connectivity index (χ2v) is 20.4. The van der Waals surface area contributed by atoms with Crippen molar-refractivity contribution < 1.29 is 25.8 Å². The van der Waals surface area contributed by atoms with Gasteiger partial charge in [0.2, 0.25) is 0 Å². The molecule has 0 fully saturated rings. The summed E-state index contributed by atoms with van der Waals surface area (Å²) in [5, 5.41) is 2.75. The maximum Gasteiger partial charge on any atom is 0.135 e. The first-order valence-electron chi connectivity index (χ1n) is 21.3. The maximum absolute atomic E-state index is 6.89. The second-order valence-electron chi connectivity index (χ2n) is 17.5. The van der Waals surface area contributed by atoms with Gasteiger partial charge in [-0.15, -0.1) is 48.0 Å². The summed E-state index contributed by atoms with van der Waals surface area (Å²) < 4.78 is 9.22. The fourth-order valence-electron chi connectivity index (χ4n) is 9.57. The van der Waals surface area contributed by atoms with Gasteiger partial charge in [0, 0.05) is 78.3 Å². The molecule has 0 amide bonds. The number of hydrogen-bond donors (Lipinski definition) is 0. The standard InChI is InChI=1S/C55H46N4OP.Pt/c1-36(2)61-49-28-16-27-47-52(49)53-48(59(47)51-31-39(29-30-56-51)55(3,4)5)33-42(34-50(53)61)60-41-22-14-21-40(32-41)57-35-58(46-26-13-12-25-45(46)57)54-43(37-17-8-6-9-18-37)23-15-24-44(54)38-19-10-7-11-20-38;/h6-27,29-31,34-36,49H,28H2,1-5H3;/q-3;. The van der Waals surface area contributed by atoms with E-state index in [0.29, 0.717) is 22.8 Å². The van der Waals surface area contributed by atoms with Gasteiger partial charge in [-0.05, 0) is 64.5 Å². The van der Waals surface area contributed by atoms with Crippen molar-refractivity contribution >= 4 is 53.0 Å². The van der Waals surface area contributed by atoms with Crippen LogP contribution in [0.25, 0.3) is 45.1 Å². The molecule has 8 aromatic rings. The fraction of sp³-hybridized carbons (Fsp3) is 0.164. The van der Waals surface area contributed by atoms with E-state index in [9.17, 15) is 0 Å². The van der Waals surface area contributed by atoms with Crippen molar-refractivity contribution in [1.82, 2.24) is 9.55 Å². The summed E-state index contributed by atoms with van der Waals surface area (Å²) >= 11 is 0. The van der Waals surface area contributed by atoms with E-state index >= 15 is 0 Å². The van der Waals surface area contributed by atoms with Gasteiger partial charge in [-0.25, -0.2) is 4.98 Å². The van der Waals surface area contributed by atoms with Crippen molar-refractivity contribution in [1.29, 1.82) is 0 Å². The molecule has 2 aliphatic heterocycles. The molecular weight excluding hydrogens is 959 g/mol. The van der Waals surface area contributed by atoms with Crippen molar-refractivity contribution in [3.8, 4) is 39.6 Å². The molecule has 11 rings (SSSR count). The summed E-state index contributed by atoms with van der Waals surface area (Å²) in [6, 6.07) is 56.8. The molecule has 0 saturated carbocycles. The van der Waals surface area contributed by atoms with E-state index in [0.717, 1.165) is 62.8 Å². The van der Waals surface area contributed by atoms with Crippen LogP contribution in [-0.4, -0.2) is 15.2 Å². The van der Waals surface area contributed by atoms with Crippen LogP contribution in [0.15, 0.2) is 152 Å². The maximum atomic E-state index is 6.89. The molecule has 4 heterocycles. The van der Waals surface area contributed by atoms with Crippen LogP contribution in [0.2, 0.25) is 0 Å². The van der Waals surface area contributed by atoms with E-state index in [-0.39, 0.29) is 26.5 Å². The van der Waals surface area contributed by atoms with Gasteiger partial charge in [0.15, 0.2) is 0 Å². The Hall–Kier alpha value is -5.73. The van der Waals surface area contributed by atoms with Crippen molar-refractivity contribution in [2.24, 2.45) is 0 Å². The molecule has 2 atom stereocenters. The number of benzene rings is 6. The number of anilines is 4. The zero-order chi connectivity index (χ0) is 41.4. The van der Waals surface area contributed by atoms with Crippen LogP contribution >= 0.6 is 7.92 Å². The van der Waals surface area contributed by atoms with E-state index in [4.69, 9.17) is 9.72 Å². The first-order chi connectivity index (χ1) is 29.7. The summed E-state index contributed by atoms with van der Waals surface area (Å²) in [6.45, 7) is 13.7. The van der Waals surface area contributed by atoms with E-state index in [1.54, 1.807) is 0 Å². The molecule has 0 N–H and O–H groups in total. The summed E-state index contributed by atoms with van der Waals surface area (Å²) in [7, 11) is -0.461. The Balaban J connectivity index is 0.00000458. The Morgan fingerprint density at radius 3 is 2.08 bits per heavy atom. The summed E-state index contributed by atoms with van der Waals surface area (Å²) in [5.74, 6) is 2.26. The molecule has 0 spiro atoms. The monoisotopic (exact) mass is 1000 g/mol. The van der Waals surface area contributed by atoms with Crippen LogP contribution in [0.1, 0.15) is 63.5 Å². The van der Waals surface area contributed by atoms with Gasteiger partial charge < -0.3 is 19.1 Å². The van der Waals surface area contributed by atoms with Crippen LogP contribution in [-0.2, 0) is 26.5 Å². The Morgan fingerprint density at radius 2 is 1.40 bits per heavy atom. The fourth-order valence-corrected chi connectivity index (χ4v) is 12.8. The van der Waals surface area contributed by atoms with Gasteiger partial charge in [0.05, 0.1) is 0 Å². The first kappa shape index (κ1) is 40.3. The summed E-state index contributed by atoms with van der Waals surface area (Å²) in [4.78, 5) is 9.53. The molecule has 5 nitrogen and oxygen atoms in total. The predicted octanol–water partition coefficient (Wildman–Crippen LogP) is 14.4. The van der Waals surface area contributed by atoms with Crippen LogP contribution in [0.3, 0.4) is 0 Å². The van der Waals surface area contributed by atoms with Gasteiger partial charge in [-0.2, -0.15) is 6.07 Å². The third-order valence-electron chi connectivity index (χ3n) is 12.3. The van der Waals surface area contributed by atoms with E-state index in [2.05, 4.69) is 213 Å². The molecular formula is C55H46N4OPPt-3. The van der Waals surface area contributed by atoms with Gasteiger partial charge in [-0.1, -0.05) is 156 Å². The van der Waals surface area contributed by atoms with Crippen LogP contribution in [0, 0.1) is 18.8 Å². The van der Waals surface area contributed by atoms with Crippen molar-refractivity contribution in [3.63, 3.8) is 0 Å². The topological polar surface area (TPSA) is 33.5 Å². The van der Waals surface area contributed by atoms with Gasteiger partial charge in [-0.3, -0.25) is 0 Å². The number of fused-ring (bicyclic) bond motifs is 1. The van der Waals surface area contributed by atoms with Crippen LogP contribution < -0.4 is 19.8 Å². The Kier molecular flexibility index (Phi) is 10.3. The minimum Gasteiger partial charge on any atom is -0.509 e. The number of hydrogen-bond acceptors (Lipinski definition) is 4. The second kappa shape index (κ2) is 15.9. The van der Waals surface area contributed by atoms with Crippen LogP contribution in [0.4, 0.5) is 22.7 Å². The smallest absolute Gasteiger partial charge is 0.135 e. The average molecular weight is 1010 g/mol. The number of ether oxygens (including phenoxy) is 1. The molecule has 0 radical (unpaired) electrons. The Bertz CT molecular complexity index is 2950. The normalized spacial score (nSPS) is 16.2. The Morgan fingerprint density at radius 1 is 0.742 bits per heavy atom. The molecule has 62 heavy (non-hydrogen) atoms. The number of pyridine rings is 1. The number of nitrogens with zero attached hydrogens (tertiary/aromatic N) is 4. The minimum atomic E-state index is -0.461. The van der Waals surface area contributed by atoms with Gasteiger partial charge in [0.1, 0.15) is 5.82 Å².